The topological polar surface area (TPSA) is 99.3 Å². The molecule has 3 heterocycles. The van der Waals surface area contributed by atoms with Gasteiger partial charge in [-0.15, -0.1) is 0 Å². The molecule has 1 amide bonds. The van der Waals surface area contributed by atoms with Gasteiger partial charge in [-0.3, -0.25) is 14.9 Å². The zero-order valence-corrected chi connectivity index (χ0v) is 16.0. The molecule has 7 nitrogen and oxygen atoms in total. The van der Waals surface area contributed by atoms with Crippen molar-refractivity contribution < 1.29 is 9.18 Å². The maximum absolute atomic E-state index is 13.1. The molecule has 0 spiro atoms. The van der Waals surface area contributed by atoms with Crippen LogP contribution in [0.2, 0.25) is 0 Å². The third-order valence-electron chi connectivity index (χ3n) is 5.05. The number of imidazole rings is 1. The Morgan fingerprint density at radius 3 is 2.43 bits per heavy atom. The second kappa shape index (κ2) is 7.07. The van der Waals surface area contributed by atoms with Gasteiger partial charge in [0.05, 0.1) is 28.3 Å². The van der Waals surface area contributed by atoms with Crippen LogP contribution in [0.4, 0.5) is 4.39 Å². The third kappa shape index (κ3) is 3.18. The van der Waals surface area contributed by atoms with E-state index in [1.807, 2.05) is 31.2 Å². The number of halogens is 1. The summed E-state index contributed by atoms with van der Waals surface area (Å²) >= 11 is 0. The number of amides is 1. The minimum absolute atomic E-state index is 0.0982. The van der Waals surface area contributed by atoms with Crippen molar-refractivity contribution in [2.75, 3.05) is 0 Å². The Labute approximate surface area is 170 Å². The van der Waals surface area contributed by atoms with Crippen molar-refractivity contribution in [2.24, 2.45) is 0 Å². The molecule has 0 saturated heterocycles. The highest BCUT2D eigenvalue weighted by Gasteiger charge is 2.18. The Morgan fingerprint density at radius 1 is 1.00 bits per heavy atom. The summed E-state index contributed by atoms with van der Waals surface area (Å²) in [5, 5.41) is 10.1. The lowest BCUT2D eigenvalue weighted by atomic mass is 10.1. The van der Waals surface area contributed by atoms with Gasteiger partial charge in [0.15, 0.2) is 0 Å². The molecule has 2 aromatic carbocycles. The first-order valence-corrected chi connectivity index (χ1v) is 9.43. The summed E-state index contributed by atoms with van der Waals surface area (Å²) in [5.41, 5.74) is 4.81. The summed E-state index contributed by atoms with van der Waals surface area (Å²) in [6.07, 6.45) is 3.46. The fourth-order valence-corrected chi connectivity index (χ4v) is 3.46. The molecule has 0 bridgehead atoms. The minimum atomic E-state index is -0.382. The van der Waals surface area contributed by atoms with Gasteiger partial charge >= 0.3 is 0 Å². The second-order valence-corrected chi connectivity index (χ2v) is 7.04. The molecule has 0 aliphatic rings. The molecular weight excluding hydrogens is 383 g/mol. The number of hydrogen-bond acceptors (Lipinski definition) is 4. The molecule has 148 valence electrons. The van der Waals surface area contributed by atoms with Crippen molar-refractivity contribution in [1.29, 1.82) is 0 Å². The largest absolute Gasteiger partial charge is 0.343 e. The highest BCUT2D eigenvalue weighted by Crippen LogP contribution is 2.29. The number of nitrogens with one attached hydrogen (secondary N) is 3. The van der Waals surface area contributed by atoms with E-state index in [1.165, 1.54) is 12.1 Å². The summed E-state index contributed by atoms with van der Waals surface area (Å²) in [6, 6.07) is 13.3. The van der Waals surface area contributed by atoms with Crippen molar-refractivity contribution in [3.63, 3.8) is 0 Å². The zero-order valence-electron chi connectivity index (χ0n) is 16.0. The van der Waals surface area contributed by atoms with E-state index in [2.05, 4.69) is 30.5 Å². The molecule has 3 aromatic heterocycles. The first-order chi connectivity index (χ1) is 14.6. The molecule has 0 fully saturated rings. The molecule has 0 saturated carbocycles. The van der Waals surface area contributed by atoms with Crippen LogP contribution in [0.5, 0.6) is 0 Å². The number of H-pyrrole nitrogens is 2. The van der Waals surface area contributed by atoms with E-state index in [0.717, 1.165) is 27.7 Å². The Bertz CT molecular complexity index is 1360. The molecule has 0 radical (unpaired) electrons. The summed E-state index contributed by atoms with van der Waals surface area (Å²) in [5.74, 6) is -0.601. The van der Waals surface area contributed by atoms with E-state index in [4.69, 9.17) is 0 Å². The van der Waals surface area contributed by atoms with Gasteiger partial charge in [-0.1, -0.05) is 12.1 Å². The van der Waals surface area contributed by atoms with E-state index in [0.29, 0.717) is 11.0 Å². The van der Waals surface area contributed by atoms with E-state index in [-0.39, 0.29) is 23.6 Å². The first-order valence-electron chi connectivity index (χ1n) is 9.43. The maximum Gasteiger partial charge on any atom is 0.289 e. The normalized spacial score (nSPS) is 12.3. The number of rotatable bonds is 4. The van der Waals surface area contributed by atoms with Crippen LogP contribution >= 0.6 is 0 Å². The van der Waals surface area contributed by atoms with Gasteiger partial charge in [0.2, 0.25) is 5.82 Å². The number of fused-ring (bicyclic) bond motifs is 2. The molecule has 30 heavy (non-hydrogen) atoms. The summed E-state index contributed by atoms with van der Waals surface area (Å²) in [7, 11) is 0. The van der Waals surface area contributed by atoms with Gasteiger partial charge in [-0.2, -0.15) is 0 Å². The van der Waals surface area contributed by atoms with E-state index < -0.39 is 0 Å². The quantitative estimate of drug-likeness (QED) is 0.422. The minimum Gasteiger partial charge on any atom is -0.343 e. The summed E-state index contributed by atoms with van der Waals surface area (Å²) < 4.78 is 13.1. The molecule has 0 aliphatic heterocycles. The Balaban J connectivity index is 1.45. The number of pyridine rings is 1. The van der Waals surface area contributed by atoms with Crippen molar-refractivity contribution >= 4 is 27.8 Å². The van der Waals surface area contributed by atoms with Crippen LogP contribution in [0.15, 0.2) is 60.9 Å². The molecule has 5 aromatic rings. The highest BCUT2D eigenvalue weighted by molar-refractivity contribution is 6.02. The number of aromatic amines is 2. The van der Waals surface area contributed by atoms with Crippen LogP contribution in [0.25, 0.3) is 33.2 Å². The Hall–Kier alpha value is -4.07. The smallest absolute Gasteiger partial charge is 0.289 e. The molecular formula is C22H17FN6O. The van der Waals surface area contributed by atoms with Crippen molar-refractivity contribution in [2.45, 2.75) is 13.0 Å². The van der Waals surface area contributed by atoms with Crippen LogP contribution in [-0.2, 0) is 0 Å². The fraction of sp³-hybridized carbons (Fsp3) is 0.0909. The highest BCUT2D eigenvalue weighted by atomic mass is 19.1. The molecule has 1 atom stereocenters. The molecule has 5 rings (SSSR count). The van der Waals surface area contributed by atoms with E-state index >= 15 is 0 Å². The van der Waals surface area contributed by atoms with E-state index in [1.54, 1.807) is 24.5 Å². The number of aromatic nitrogens is 5. The lowest BCUT2D eigenvalue weighted by Crippen LogP contribution is -2.27. The second-order valence-electron chi connectivity index (χ2n) is 7.04. The molecule has 1 unspecified atom stereocenters. The summed E-state index contributed by atoms with van der Waals surface area (Å²) in [4.78, 5) is 25.5. The average molecular weight is 400 g/mol. The maximum atomic E-state index is 13.1. The SMILES string of the molecule is CC(NC(=O)c1nc2cc3[nH][nH]c(-c4ccncc4)c3cc2n1)c1ccc(F)cc1. The van der Waals surface area contributed by atoms with Crippen LogP contribution in [0.3, 0.4) is 0 Å². The molecule has 8 heteroatoms. The van der Waals surface area contributed by atoms with Crippen molar-refractivity contribution in [3.8, 4) is 11.3 Å². The van der Waals surface area contributed by atoms with Crippen LogP contribution in [0, 0.1) is 5.82 Å². The number of benzene rings is 2. The number of carbonyl (C=O) groups excluding carboxylic acids is 1. The third-order valence-corrected chi connectivity index (χ3v) is 5.05. The Morgan fingerprint density at radius 2 is 1.70 bits per heavy atom. The first kappa shape index (κ1) is 18.0. The van der Waals surface area contributed by atoms with E-state index in [9.17, 15) is 9.18 Å². The molecule has 3 N–H and O–H groups in total. The lowest BCUT2D eigenvalue weighted by Gasteiger charge is -2.12. The van der Waals surface area contributed by atoms with Crippen LogP contribution < -0.4 is 5.32 Å². The standard InChI is InChI=1S/C22H17FN6O/c1-12(13-2-4-15(23)5-3-13)25-22(30)21-26-18-10-16-17(11-19(18)27-21)28-29-20(16)14-6-8-24-9-7-14/h2-12,28-29H,1H3,(H,25,30). The predicted molar refractivity (Wildman–Crippen MR) is 111 cm³/mol. The van der Waals surface area contributed by atoms with Crippen LogP contribution in [0.1, 0.15) is 29.1 Å². The van der Waals surface area contributed by atoms with Crippen molar-refractivity contribution in [3.05, 3.63) is 78.1 Å². The number of hydrogen-bond donors (Lipinski definition) is 3. The number of carbonyl (C=O) groups is 1. The average Bonchev–Trinajstić information content (AvgIpc) is 3.36. The van der Waals surface area contributed by atoms with Crippen molar-refractivity contribution in [1.82, 2.24) is 30.5 Å². The van der Waals surface area contributed by atoms with Gasteiger partial charge in [-0.25, -0.2) is 14.4 Å². The van der Waals surface area contributed by atoms with Gasteiger partial charge < -0.3 is 10.4 Å². The molecule has 0 aliphatic carbocycles. The number of nitrogens with zero attached hydrogens (tertiary/aromatic N) is 3. The van der Waals surface area contributed by atoms with Gasteiger partial charge in [-0.05, 0) is 48.9 Å². The van der Waals surface area contributed by atoms with Crippen LogP contribution in [-0.4, -0.2) is 31.1 Å². The predicted octanol–water partition coefficient (Wildman–Crippen LogP) is 4.13. The van der Waals surface area contributed by atoms with Gasteiger partial charge in [0.1, 0.15) is 5.82 Å². The summed E-state index contributed by atoms with van der Waals surface area (Å²) in [6.45, 7) is 1.83. The fourth-order valence-electron chi connectivity index (χ4n) is 3.46. The van der Waals surface area contributed by atoms with Gasteiger partial charge in [0.25, 0.3) is 5.91 Å². The lowest BCUT2D eigenvalue weighted by molar-refractivity contribution is 0.0930. The monoisotopic (exact) mass is 400 g/mol. The Kier molecular flexibility index (Phi) is 4.24. The zero-order chi connectivity index (χ0) is 20.7. The van der Waals surface area contributed by atoms with Gasteiger partial charge in [0, 0.05) is 23.3 Å².